The minimum atomic E-state index is -5.17. The zero-order chi connectivity index (χ0) is 38.1. The molecule has 0 saturated carbocycles. The number of hydrogen-bond donors (Lipinski definition) is 2. The van der Waals surface area contributed by atoms with Gasteiger partial charge in [-0.25, -0.2) is 18.1 Å². The number of aryl methyl sites for hydroxylation is 1. The van der Waals surface area contributed by atoms with Crippen LogP contribution in [-0.2, 0) is 35.5 Å². The third-order valence-electron chi connectivity index (χ3n) is 7.11. The van der Waals surface area contributed by atoms with Gasteiger partial charge in [0.15, 0.2) is 5.82 Å². The van der Waals surface area contributed by atoms with Crippen LogP contribution in [-0.4, -0.2) is 51.6 Å². The zero-order valence-corrected chi connectivity index (χ0v) is 28.7. The van der Waals surface area contributed by atoms with Crippen LogP contribution in [0.3, 0.4) is 0 Å². The Bertz CT molecular complexity index is 2110. The second-order valence-electron chi connectivity index (χ2n) is 11.6. The Labute approximate surface area is 292 Å². The normalized spacial score (nSPS) is 12.2. The molecule has 2 heterocycles. The molecule has 2 N–H and O–H groups in total. The first-order valence-corrected chi connectivity index (χ1v) is 16.9. The average molecular weight is 756 g/mol. The van der Waals surface area contributed by atoms with Crippen molar-refractivity contribution < 1.29 is 44.3 Å². The maximum Gasteiger partial charge on any atom is 0.416 e. The molecule has 270 valence electrons. The highest BCUT2D eigenvalue weighted by Gasteiger charge is 2.37. The second kappa shape index (κ2) is 14.7. The number of carbonyl (C=O) groups is 2. The fraction of sp³-hybridized carbons (Fsp3) is 0.281. The number of nitrogens with zero attached hydrogens (tertiary/aromatic N) is 5. The molecule has 19 heteroatoms. The molecule has 0 fully saturated rings. The molecule has 0 aliphatic carbocycles. The van der Waals surface area contributed by atoms with Crippen LogP contribution in [0, 0.1) is 18.3 Å². The molecule has 2 aromatic heterocycles. The van der Waals surface area contributed by atoms with E-state index >= 15 is 0 Å². The fourth-order valence-electron chi connectivity index (χ4n) is 4.86. The SMILES string of the molecule is Cc1cc(C#N)cc(C(=O)NC(C)C)c1NC(=O)c1cc(CN(Cc2cc(C(F)(F)F)cc(C(F)(F)F)c2)S(C)(=O)=O)nn1-c1ncccc1Cl. The van der Waals surface area contributed by atoms with Gasteiger partial charge in [0.05, 0.1) is 57.5 Å². The first kappa shape index (κ1) is 38.8. The summed E-state index contributed by atoms with van der Waals surface area (Å²) in [7, 11) is -4.33. The number of amides is 2. The summed E-state index contributed by atoms with van der Waals surface area (Å²) in [4.78, 5) is 31.1. The predicted octanol–water partition coefficient (Wildman–Crippen LogP) is 6.49. The zero-order valence-electron chi connectivity index (χ0n) is 27.1. The molecule has 11 nitrogen and oxygen atoms in total. The van der Waals surface area contributed by atoms with Gasteiger partial charge in [0, 0.05) is 18.8 Å². The van der Waals surface area contributed by atoms with Crippen molar-refractivity contribution in [3.8, 4) is 11.9 Å². The molecule has 51 heavy (non-hydrogen) atoms. The van der Waals surface area contributed by atoms with Crippen LogP contribution in [0.15, 0.2) is 54.7 Å². The largest absolute Gasteiger partial charge is 0.416 e. The Morgan fingerprint density at radius 1 is 1.00 bits per heavy atom. The Kier molecular flexibility index (Phi) is 11.2. The van der Waals surface area contributed by atoms with Crippen molar-refractivity contribution in [2.75, 3.05) is 11.6 Å². The Morgan fingerprint density at radius 3 is 2.16 bits per heavy atom. The summed E-state index contributed by atoms with van der Waals surface area (Å²) in [6, 6.07) is 9.10. The molecule has 0 radical (unpaired) electrons. The summed E-state index contributed by atoms with van der Waals surface area (Å²) < 4.78 is 108. The van der Waals surface area contributed by atoms with Crippen molar-refractivity contribution in [2.45, 2.75) is 52.3 Å². The molecular formula is C32H28ClF6N7O4S. The highest BCUT2D eigenvalue weighted by Crippen LogP contribution is 2.37. The topological polar surface area (TPSA) is 150 Å². The standard InChI is InChI=1S/C32H28ClF6N7O4S/c1-17(2)42-29(47)24-11-19(14-40)8-18(3)27(24)43-30(48)26-13-23(44-46(26)28-25(33)6-5-7-41-28)16-45(51(4,49)50)15-20-9-21(31(34,35)36)12-22(10-20)32(37,38)39/h5-13,17H,15-16H2,1-4H3,(H,42,47)(H,43,48). The third-order valence-corrected chi connectivity index (χ3v) is 8.60. The van der Waals surface area contributed by atoms with E-state index in [1.165, 1.54) is 30.5 Å². The van der Waals surface area contributed by atoms with E-state index in [0.717, 1.165) is 10.7 Å². The van der Waals surface area contributed by atoms with Gasteiger partial charge >= 0.3 is 12.4 Å². The molecule has 0 bridgehead atoms. The van der Waals surface area contributed by atoms with Crippen molar-refractivity contribution >= 4 is 39.1 Å². The molecule has 0 aliphatic heterocycles. The van der Waals surface area contributed by atoms with Crippen molar-refractivity contribution in [3.05, 3.63) is 105 Å². The number of pyridine rings is 1. The summed E-state index contributed by atoms with van der Waals surface area (Å²) >= 11 is 6.34. The maximum atomic E-state index is 13.9. The maximum absolute atomic E-state index is 13.9. The van der Waals surface area contributed by atoms with Crippen LogP contribution in [0.4, 0.5) is 32.0 Å². The van der Waals surface area contributed by atoms with E-state index < -0.39 is 64.0 Å². The van der Waals surface area contributed by atoms with Crippen LogP contribution >= 0.6 is 11.6 Å². The number of aromatic nitrogens is 3. The number of sulfonamides is 1. The fourth-order valence-corrected chi connectivity index (χ4v) is 5.82. The number of alkyl halides is 6. The number of hydrogen-bond acceptors (Lipinski definition) is 7. The minimum absolute atomic E-state index is 0.00336. The Balaban J connectivity index is 1.80. The smallest absolute Gasteiger partial charge is 0.350 e. The van der Waals surface area contributed by atoms with Gasteiger partial charge < -0.3 is 10.6 Å². The van der Waals surface area contributed by atoms with Crippen LogP contribution in [0.2, 0.25) is 5.02 Å². The van der Waals surface area contributed by atoms with E-state index in [1.807, 2.05) is 6.07 Å². The lowest BCUT2D eigenvalue weighted by atomic mass is 10.0. The quantitative estimate of drug-likeness (QED) is 0.176. The van der Waals surface area contributed by atoms with Crippen LogP contribution in [0.5, 0.6) is 0 Å². The van der Waals surface area contributed by atoms with Gasteiger partial charge in [-0.3, -0.25) is 9.59 Å². The van der Waals surface area contributed by atoms with Gasteiger partial charge in [0.1, 0.15) is 5.69 Å². The van der Waals surface area contributed by atoms with Gasteiger partial charge in [-0.15, -0.1) is 0 Å². The molecule has 2 amide bonds. The van der Waals surface area contributed by atoms with E-state index in [1.54, 1.807) is 20.8 Å². The molecule has 0 saturated heterocycles. The van der Waals surface area contributed by atoms with E-state index in [4.69, 9.17) is 11.6 Å². The molecule has 0 unspecified atom stereocenters. The number of anilines is 1. The third kappa shape index (κ3) is 9.42. The molecule has 4 aromatic rings. The first-order chi connectivity index (χ1) is 23.6. The number of carbonyl (C=O) groups excluding carboxylic acids is 2. The van der Waals surface area contributed by atoms with Crippen LogP contribution < -0.4 is 10.6 Å². The van der Waals surface area contributed by atoms with E-state index in [2.05, 4.69) is 20.7 Å². The summed E-state index contributed by atoms with van der Waals surface area (Å²) in [5.74, 6) is -1.60. The van der Waals surface area contributed by atoms with Gasteiger partial charge in [0.25, 0.3) is 11.8 Å². The van der Waals surface area contributed by atoms with Gasteiger partial charge in [0.2, 0.25) is 10.0 Å². The Morgan fingerprint density at radius 2 is 1.63 bits per heavy atom. The molecule has 0 atom stereocenters. The lowest BCUT2D eigenvalue weighted by molar-refractivity contribution is -0.143. The van der Waals surface area contributed by atoms with Gasteiger partial charge in [-0.05, 0) is 80.4 Å². The second-order valence-corrected chi connectivity index (χ2v) is 14.0. The van der Waals surface area contributed by atoms with E-state index in [0.29, 0.717) is 28.3 Å². The van der Waals surface area contributed by atoms with Crippen molar-refractivity contribution in [2.24, 2.45) is 0 Å². The summed E-state index contributed by atoms with van der Waals surface area (Å²) in [6.45, 7) is 3.31. The van der Waals surface area contributed by atoms with Crippen molar-refractivity contribution in [3.63, 3.8) is 0 Å². The summed E-state index contributed by atoms with van der Waals surface area (Å²) in [5.41, 5.74) is -3.89. The lowest BCUT2D eigenvalue weighted by Crippen LogP contribution is -2.31. The van der Waals surface area contributed by atoms with E-state index in [9.17, 15) is 49.6 Å². The lowest BCUT2D eigenvalue weighted by Gasteiger charge is -2.21. The summed E-state index contributed by atoms with van der Waals surface area (Å²) in [5, 5.41) is 19.1. The predicted molar refractivity (Wildman–Crippen MR) is 173 cm³/mol. The number of nitrogens with one attached hydrogen (secondary N) is 2. The van der Waals surface area contributed by atoms with Crippen LogP contribution in [0.1, 0.15) is 68.2 Å². The highest BCUT2D eigenvalue weighted by atomic mass is 35.5. The molecule has 0 aliphatic rings. The van der Waals surface area contributed by atoms with Crippen LogP contribution in [0.25, 0.3) is 5.82 Å². The highest BCUT2D eigenvalue weighted by molar-refractivity contribution is 7.88. The monoisotopic (exact) mass is 755 g/mol. The average Bonchev–Trinajstić information content (AvgIpc) is 3.43. The molecule has 2 aromatic carbocycles. The number of halogens is 7. The number of benzene rings is 2. The first-order valence-electron chi connectivity index (χ1n) is 14.7. The van der Waals surface area contributed by atoms with Gasteiger partial charge in [-0.1, -0.05) is 11.6 Å². The van der Waals surface area contributed by atoms with Crippen molar-refractivity contribution in [1.29, 1.82) is 5.26 Å². The Hall–Kier alpha value is -4.99. The molecule has 4 rings (SSSR count). The number of rotatable bonds is 10. The van der Waals surface area contributed by atoms with E-state index in [-0.39, 0.29) is 51.2 Å². The molecular weight excluding hydrogens is 728 g/mol. The minimum Gasteiger partial charge on any atom is -0.350 e. The molecule has 0 spiro atoms. The van der Waals surface area contributed by atoms with Gasteiger partial charge in [-0.2, -0.15) is 41.0 Å². The number of nitriles is 1. The summed E-state index contributed by atoms with van der Waals surface area (Å²) in [6.07, 6.45) is -8.32. The van der Waals surface area contributed by atoms with Crippen molar-refractivity contribution in [1.82, 2.24) is 24.4 Å².